The van der Waals surface area contributed by atoms with Gasteiger partial charge in [0, 0.05) is 19.1 Å². The van der Waals surface area contributed by atoms with Gasteiger partial charge in [-0.15, -0.1) is 0 Å². The van der Waals surface area contributed by atoms with Gasteiger partial charge in [0.25, 0.3) is 5.91 Å². The number of nitrogens with zero attached hydrogens (tertiary/aromatic N) is 1. The molecule has 0 radical (unpaired) electrons. The van der Waals surface area contributed by atoms with Gasteiger partial charge in [0.1, 0.15) is 5.75 Å². The molecule has 1 saturated heterocycles. The molecule has 1 fully saturated rings. The number of benzene rings is 1. The van der Waals surface area contributed by atoms with Crippen LogP contribution in [0.1, 0.15) is 23.1 Å². The minimum Gasteiger partial charge on any atom is -0.483 e. The Morgan fingerprint density at radius 2 is 2.00 bits per heavy atom. The van der Waals surface area contributed by atoms with Crippen LogP contribution >= 0.6 is 0 Å². The summed E-state index contributed by atoms with van der Waals surface area (Å²) in [5.41, 5.74) is 9.15. The normalized spacial score (nSPS) is 18.7. The zero-order chi connectivity index (χ0) is 14.0. The van der Waals surface area contributed by atoms with Gasteiger partial charge < -0.3 is 15.4 Å². The smallest absolute Gasteiger partial charge is 0.260 e. The molecule has 0 bridgehead atoms. The van der Waals surface area contributed by atoms with Crippen molar-refractivity contribution < 1.29 is 9.53 Å². The van der Waals surface area contributed by atoms with E-state index in [1.807, 2.05) is 13.8 Å². The van der Waals surface area contributed by atoms with E-state index in [0.717, 1.165) is 29.8 Å². The van der Waals surface area contributed by atoms with Crippen LogP contribution in [0.25, 0.3) is 0 Å². The van der Waals surface area contributed by atoms with Crippen LogP contribution in [0, 0.1) is 20.8 Å². The molecule has 104 valence electrons. The molecular weight excluding hydrogens is 240 g/mol. The average Bonchev–Trinajstić information content (AvgIpc) is 2.74. The Kier molecular flexibility index (Phi) is 4.10. The van der Waals surface area contributed by atoms with Crippen molar-refractivity contribution in [3.05, 3.63) is 28.8 Å². The number of ether oxygens (including phenoxy) is 1. The van der Waals surface area contributed by atoms with Crippen molar-refractivity contribution in [2.24, 2.45) is 5.73 Å². The van der Waals surface area contributed by atoms with E-state index in [2.05, 4.69) is 19.1 Å². The first kappa shape index (κ1) is 13.9. The van der Waals surface area contributed by atoms with Crippen LogP contribution in [0.5, 0.6) is 5.75 Å². The van der Waals surface area contributed by atoms with Gasteiger partial charge in [-0.2, -0.15) is 0 Å². The molecule has 2 N–H and O–H groups in total. The van der Waals surface area contributed by atoms with Gasteiger partial charge in [-0.1, -0.05) is 17.7 Å². The second-order valence-electron chi connectivity index (χ2n) is 5.41. The minimum atomic E-state index is 0.0207. The maximum absolute atomic E-state index is 12.0. The fourth-order valence-electron chi connectivity index (χ4n) is 2.63. The van der Waals surface area contributed by atoms with Crippen molar-refractivity contribution in [3.63, 3.8) is 0 Å². The highest BCUT2D eigenvalue weighted by Gasteiger charge is 2.23. The number of hydrogen-bond acceptors (Lipinski definition) is 3. The Balaban J connectivity index is 1.97. The highest BCUT2D eigenvalue weighted by atomic mass is 16.5. The Hall–Kier alpha value is -1.55. The lowest BCUT2D eigenvalue weighted by molar-refractivity contribution is -0.132. The molecule has 0 aromatic heterocycles. The number of amides is 1. The molecule has 0 spiro atoms. The summed E-state index contributed by atoms with van der Waals surface area (Å²) in [7, 11) is 0. The monoisotopic (exact) mass is 262 g/mol. The van der Waals surface area contributed by atoms with Crippen LogP contribution in [-0.2, 0) is 4.79 Å². The third kappa shape index (κ3) is 3.26. The summed E-state index contributed by atoms with van der Waals surface area (Å²) < 4.78 is 5.70. The topological polar surface area (TPSA) is 55.6 Å². The van der Waals surface area contributed by atoms with Gasteiger partial charge in [-0.05, 0) is 38.3 Å². The van der Waals surface area contributed by atoms with Crippen molar-refractivity contribution in [1.29, 1.82) is 0 Å². The summed E-state index contributed by atoms with van der Waals surface area (Å²) in [6.07, 6.45) is 0.883. The Morgan fingerprint density at radius 3 is 2.53 bits per heavy atom. The molecule has 1 amide bonds. The molecule has 1 aliphatic heterocycles. The second-order valence-corrected chi connectivity index (χ2v) is 5.41. The van der Waals surface area contributed by atoms with Gasteiger partial charge in [-0.3, -0.25) is 4.79 Å². The molecule has 19 heavy (non-hydrogen) atoms. The summed E-state index contributed by atoms with van der Waals surface area (Å²) in [4.78, 5) is 13.8. The standard InChI is InChI=1S/C15H22N2O2/c1-10-6-11(2)15(12(3)7-10)19-9-14(18)17-5-4-13(16)8-17/h6-7,13H,4-5,8-9,16H2,1-3H3/t13-/m1/s1. The van der Waals surface area contributed by atoms with Gasteiger partial charge in [0.2, 0.25) is 0 Å². The third-order valence-electron chi connectivity index (χ3n) is 3.52. The lowest BCUT2D eigenvalue weighted by Crippen LogP contribution is -2.35. The summed E-state index contributed by atoms with van der Waals surface area (Å²) >= 11 is 0. The minimum absolute atomic E-state index is 0.0207. The molecule has 1 aromatic rings. The molecule has 4 nitrogen and oxygen atoms in total. The molecular formula is C15H22N2O2. The fraction of sp³-hybridized carbons (Fsp3) is 0.533. The number of carbonyl (C=O) groups excluding carboxylic acids is 1. The van der Waals surface area contributed by atoms with Gasteiger partial charge in [0.15, 0.2) is 6.61 Å². The molecule has 1 heterocycles. The number of aryl methyl sites for hydroxylation is 3. The van der Waals surface area contributed by atoms with E-state index in [1.54, 1.807) is 4.90 Å². The zero-order valence-corrected chi connectivity index (χ0v) is 11.9. The van der Waals surface area contributed by atoms with Gasteiger partial charge in [0.05, 0.1) is 0 Å². The molecule has 1 atom stereocenters. The number of rotatable bonds is 3. The lowest BCUT2D eigenvalue weighted by atomic mass is 10.1. The van der Waals surface area contributed by atoms with E-state index in [0.29, 0.717) is 6.54 Å². The molecule has 0 saturated carbocycles. The largest absolute Gasteiger partial charge is 0.483 e. The maximum atomic E-state index is 12.0. The Bertz CT molecular complexity index is 462. The number of likely N-dealkylation sites (tertiary alicyclic amines) is 1. The van der Waals surface area contributed by atoms with Crippen LogP contribution in [-0.4, -0.2) is 36.5 Å². The predicted octanol–water partition coefficient (Wildman–Crippen LogP) is 1.55. The highest BCUT2D eigenvalue weighted by Crippen LogP contribution is 2.24. The molecule has 0 aliphatic carbocycles. The Labute approximate surface area is 114 Å². The van der Waals surface area contributed by atoms with Crippen LogP contribution in [0.2, 0.25) is 0 Å². The third-order valence-corrected chi connectivity index (χ3v) is 3.52. The SMILES string of the molecule is Cc1cc(C)c(OCC(=O)N2CC[C@@H](N)C2)c(C)c1. The van der Waals surface area contributed by atoms with Crippen molar-refractivity contribution in [2.45, 2.75) is 33.2 Å². The van der Waals surface area contributed by atoms with E-state index < -0.39 is 0 Å². The van der Waals surface area contributed by atoms with Crippen molar-refractivity contribution in [2.75, 3.05) is 19.7 Å². The first-order valence-corrected chi connectivity index (χ1v) is 6.71. The summed E-state index contributed by atoms with van der Waals surface area (Å²) in [5, 5.41) is 0. The molecule has 2 rings (SSSR count). The van der Waals surface area contributed by atoms with E-state index in [-0.39, 0.29) is 18.6 Å². The Morgan fingerprint density at radius 1 is 1.37 bits per heavy atom. The van der Waals surface area contributed by atoms with Crippen LogP contribution < -0.4 is 10.5 Å². The van der Waals surface area contributed by atoms with E-state index >= 15 is 0 Å². The highest BCUT2D eigenvalue weighted by molar-refractivity contribution is 5.78. The summed E-state index contributed by atoms with van der Waals surface area (Å²) in [6.45, 7) is 7.55. The fourth-order valence-corrected chi connectivity index (χ4v) is 2.63. The van der Waals surface area contributed by atoms with Crippen molar-refractivity contribution >= 4 is 5.91 Å². The van der Waals surface area contributed by atoms with Gasteiger partial charge in [-0.25, -0.2) is 0 Å². The van der Waals surface area contributed by atoms with Crippen molar-refractivity contribution in [1.82, 2.24) is 4.90 Å². The predicted molar refractivity (Wildman–Crippen MR) is 75.3 cm³/mol. The molecule has 4 heteroatoms. The zero-order valence-electron chi connectivity index (χ0n) is 11.9. The van der Waals surface area contributed by atoms with Crippen molar-refractivity contribution in [3.8, 4) is 5.75 Å². The maximum Gasteiger partial charge on any atom is 0.260 e. The second kappa shape index (κ2) is 5.61. The van der Waals surface area contributed by atoms with Crippen LogP contribution in [0.3, 0.4) is 0 Å². The number of carbonyl (C=O) groups is 1. The summed E-state index contributed by atoms with van der Waals surface area (Å²) in [5.74, 6) is 0.842. The first-order chi connectivity index (χ1) is 8.97. The molecule has 1 aliphatic rings. The summed E-state index contributed by atoms with van der Waals surface area (Å²) in [6, 6.07) is 4.25. The quantitative estimate of drug-likeness (QED) is 0.899. The van der Waals surface area contributed by atoms with Gasteiger partial charge >= 0.3 is 0 Å². The van der Waals surface area contributed by atoms with Crippen LogP contribution in [0.15, 0.2) is 12.1 Å². The first-order valence-electron chi connectivity index (χ1n) is 6.71. The number of hydrogen-bond donors (Lipinski definition) is 1. The average molecular weight is 262 g/mol. The van der Waals surface area contributed by atoms with E-state index in [9.17, 15) is 4.79 Å². The lowest BCUT2D eigenvalue weighted by Gasteiger charge is -2.18. The van der Waals surface area contributed by atoms with E-state index in [1.165, 1.54) is 5.56 Å². The molecule has 0 unspecified atom stereocenters. The van der Waals surface area contributed by atoms with E-state index in [4.69, 9.17) is 10.5 Å². The molecule has 1 aromatic carbocycles. The van der Waals surface area contributed by atoms with Crippen LogP contribution in [0.4, 0.5) is 0 Å². The number of nitrogens with two attached hydrogens (primary N) is 1.